The van der Waals surface area contributed by atoms with Crippen molar-refractivity contribution in [1.29, 1.82) is 0 Å². The first-order chi connectivity index (χ1) is 13.2. The molecule has 0 aliphatic rings. The molecule has 3 N–H and O–H groups in total. The highest BCUT2D eigenvalue weighted by molar-refractivity contribution is 5.77. The summed E-state index contributed by atoms with van der Waals surface area (Å²) in [5.41, 5.74) is 2.05. The maximum Gasteiger partial charge on any atom is 0.275 e. The highest BCUT2D eigenvalue weighted by Gasteiger charge is 2.19. The average molecular weight is 365 g/mol. The minimum atomic E-state index is -0.211. The molecule has 1 amide bonds. The molecule has 3 aromatic rings. The quantitative estimate of drug-likeness (QED) is 0.645. The Bertz CT molecular complexity index is 830. The number of carbonyl (C=O) groups is 1. The molecular weight excluding hydrogens is 340 g/mol. The molecular formula is C22H25N2O3+. The Labute approximate surface area is 159 Å². The number of hydrogen-bond acceptors (Lipinski definition) is 3. The lowest BCUT2D eigenvalue weighted by Crippen LogP contribution is -2.87. The lowest BCUT2D eigenvalue weighted by Gasteiger charge is -2.20. The summed E-state index contributed by atoms with van der Waals surface area (Å²) in [5.74, 6) is 1.62. The van der Waals surface area contributed by atoms with Crippen LogP contribution in [0.15, 0.2) is 77.4 Å². The first kappa shape index (κ1) is 18.7. The summed E-state index contributed by atoms with van der Waals surface area (Å²) in [7, 11) is 1.64. The third-order valence-corrected chi connectivity index (χ3v) is 4.54. The summed E-state index contributed by atoms with van der Waals surface area (Å²) in [6, 6.07) is 21.4. The average Bonchev–Trinajstić information content (AvgIpc) is 3.26. The number of nitrogens with one attached hydrogen (secondary N) is 1. The van der Waals surface area contributed by atoms with E-state index in [-0.39, 0.29) is 18.0 Å². The van der Waals surface area contributed by atoms with Crippen LogP contribution in [0, 0.1) is 0 Å². The second-order valence-electron chi connectivity index (χ2n) is 6.43. The summed E-state index contributed by atoms with van der Waals surface area (Å²) in [5, 5.41) is 5.11. The van der Waals surface area contributed by atoms with Gasteiger partial charge in [-0.1, -0.05) is 42.5 Å². The highest BCUT2D eigenvalue weighted by Crippen LogP contribution is 2.24. The predicted molar refractivity (Wildman–Crippen MR) is 103 cm³/mol. The molecule has 5 nitrogen and oxygen atoms in total. The largest absolute Gasteiger partial charge is 0.497 e. The number of ether oxygens (including phenoxy) is 1. The second kappa shape index (κ2) is 9.05. The molecule has 2 aromatic carbocycles. The zero-order valence-electron chi connectivity index (χ0n) is 15.6. The van der Waals surface area contributed by atoms with Crippen molar-refractivity contribution < 1.29 is 19.3 Å². The molecule has 0 spiro atoms. The lowest BCUT2D eigenvalue weighted by molar-refractivity contribution is -0.684. The van der Waals surface area contributed by atoms with Crippen molar-refractivity contribution in [3.8, 4) is 5.75 Å². The molecule has 1 heterocycles. The first-order valence-electron chi connectivity index (χ1n) is 9.02. The topological polar surface area (TPSA) is 68.1 Å². The van der Waals surface area contributed by atoms with Gasteiger partial charge in [-0.3, -0.25) is 4.79 Å². The number of carbonyl (C=O) groups excluding carboxylic acids is 1. The summed E-state index contributed by atoms with van der Waals surface area (Å²) in [6.45, 7) is 2.34. The van der Waals surface area contributed by atoms with Crippen LogP contribution in [0.3, 0.4) is 0 Å². The number of amides is 1. The van der Waals surface area contributed by atoms with Crippen molar-refractivity contribution in [3.63, 3.8) is 0 Å². The minimum Gasteiger partial charge on any atom is -0.497 e. The molecule has 1 aromatic heterocycles. The number of rotatable bonds is 8. The van der Waals surface area contributed by atoms with E-state index < -0.39 is 0 Å². The van der Waals surface area contributed by atoms with Crippen molar-refractivity contribution >= 4 is 5.91 Å². The third-order valence-electron chi connectivity index (χ3n) is 4.54. The van der Waals surface area contributed by atoms with Gasteiger partial charge in [0.2, 0.25) is 0 Å². The van der Waals surface area contributed by atoms with Crippen LogP contribution in [0.5, 0.6) is 5.75 Å². The van der Waals surface area contributed by atoms with E-state index in [9.17, 15) is 4.79 Å². The van der Waals surface area contributed by atoms with Crippen molar-refractivity contribution in [3.05, 3.63) is 89.9 Å². The number of furan rings is 1. The van der Waals surface area contributed by atoms with Gasteiger partial charge in [-0.05, 0) is 42.3 Å². The van der Waals surface area contributed by atoms with Crippen LogP contribution < -0.4 is 15.4 Å². The number of nitrogens with two attached hydrogens (primary N) is 1. The van der Waals surface area contributed by atoms with Gasteiger partial charge >= 0.3 is 0 Å². The maximum atomic E-state index is 12.6. The van der Waals surface area contributed by atoms with E-state index in [1.54, 1.807) is 13.4 Å². The number of benzene rings is 2. The van der Waals surface area contributed by atoms with Crippen molar-refractivity contribution in [1.82, 2.24) is 5.32 Å². The van der Waals surface area contributed by atoms with Gasteiger partial charge in [-0.15, -0.1) is 0 Å². The smallest absolute Gasteiger partial charge is 0.275 e. The minimum absolute atomic E-state index is 0.0296. The van der Waals surface area contributed by atoms with Crippen LogP contribution in [0.25, 0.3) is 0 Å². The Balaban J connectivity index is 1.70. The first-order valence-corrected chi connectivity index (χ1v) is 9.02. The Morgan fingerprint density at radius 1 is 1.04 bits per heavy atom. The van der Waals surface area contributed by atoms with Gasteiger partial charge in [-0.25, -0.2) is 0 Å². The predicted octanol–water partition coefficient (Wildman–Crippen LogP) is 2.82. The van der Waals surface area contributed by atoms with Crippen molar-refractivity contribution in [2.45, 2.75) is 19.0 Å². The zero-order chi connectivity index (χ0) is 19.1. The van der Waals surface area contributed by atoms with Crippen LogP contribution in [-0.4, -0.2) is 19.6 Å². The molecule has 0 radical (unpaired) electrons. The summed E-state index contributed by atoms with van der Waals surface area (Å²) in [6.07, 6.45) is 1.65. The van der Waals surface area contributed by atoms with Gasteiger partial charge in [0.05, 0.1) is 19.4 Å². The molecule has 0 unspecified atom stereocenters. The van der Waals surface area contributed by atoms with Crippen LogP contribution in [-0.2, 0) is 4.79 Å². The molecule has 0 aliphatic heterocycles. The molecule has 140 valence electrons. The van der Waals surface area contributed by atoms with E-state index in [4.69, 9.17) is 9.15 Å². The lowest BCUT2D eigenvalue weighted by atomic mass is 9.98. The summed E-state index contributed by atoms with van der Waals surface area (Å²) >= 11 is 0. The highest BCUT2D eigenvalue weighted by atomic mass is 16.5. The number of quaternary nitrogens is 1. The van der Waals surface area contributed by atoms with Gasteiger partial charge in [0.15, 0.2) is 12.3 Å². The van der Waals surface area contributed by atoms with Gasteiger partial charge < -0.3 is 19.8 Å². The fourth-order valence-electron chi connectivity index (χ4n) is 2.97. The Morgan fingerprint density at radius 2 is 1.74 bits per heavy atom. The summed E-state index contributed by atoms with van der Waals surface area (Å²) in [4.78, 5) is 12.6. The zero-order valence-corrected chi connectivity index (χ0v) is 15.6. The number of methoxy groups -OCH3 is 1. The maximum absolute atomic E-state index is 12.6. The monoisotopic (exact) mass is 365 g/mol. The fourth-order valence-corrected chi connectivity index (χ4v) is 2.97. The number of hydrogen-bond donors (Lipinski definition) is 2. The molecule has 3 rings (SSSR count). The third kappa shape index (κ3) is 4.99. The van der Waals surface area contributed by atoms with Crippen molar-refractivity contribution in [2.24, 2.45) is 0 Å². The van der Waals surface area contributed by atoms with Crippen LogP contribution >= 0.6 is 0 Å². The Hall–Kier alpha value is -3.05. The van der Waals surface area contributed by atoms with Crippen LogP contribution in [0.1, 0.15) is 35.9 Å². The van der Waals surface area contributed by atoms with Gasteiger partial charge in [0, 0.05) is 0 Å². The molecule has 0 aliphatic carbocycles. The molecule has 27 heavy (non-hydrogen) atoms. The second-order valence-corrected chi connectivity index (χ2v) is 6.43. The standard InChI is InChI=1S/C22H24N2O3/c1-16(20-9-6-14-27-20)23-15-21(25)24-22(17-7-4-3-5-8-17)18-10-12-19(26-2)13-11-18/h3-14,16,22-23H,15H2,1-2H3,(H,24,25)/p+1/t16-,22+/m1/s1. The van der Waals surface area contributed by atoms with Crippen LogP contribution in [0.2, 0.25) is 0 Å². The normalized spacial score (nSPS) is 13.0. The molecule has 0 saturated carbocycles. The van der Waals surface area contributed by atoms with Gasteiger partial charge in [-0.2, -0.15) is 0 Å². The van der Waals surface area contributed by atoms with Gasteiger partial charge in [0.25, 0.3) is 5.91 Å². The van der Waals surface area contributed by atoms with E-state index in [0.717, 1.165) is 22.6 Å². The van der Waals surface area contributed by atoms with E-state index in [2.05, 4.69) is 5.32 Å². The summed E-state index contributed by atoms with van der Waals surface area (Å²) < 4.78 is 10.6. The van der Waals surface area contributed by atoms with E-state index >= 15 is 0 Å². The molecule has 0 saturated heterocycles. The fraction of sp³-hybridized carbons (Fsp3) is 0.227. The molecule has 5 heteroatoms. The van der Waals surface area contributed by atoms with Crippen molar-refractivity contribution in [2.75, 3.05) is 13.7 Å². The Kier molecular flexibility index (Phi) is 6.28. The van der Waals surface area contributed by atoms with Crippen LogP contribution in [0.4, 0.5) is 0 Å². The van der Waals surface area contributed by atoms with E-state index in [1.807, 2.05) is 79.0 Å². The SMILES string of the molecule is COc1ccc([C@@H](NC(=O)C[NH2+][C@H](C)c2ccco2)c2ccccc2)cc1. The van der Waals surface area contributed by atoms with E-state index in [1.165, 1.54) is 0 Å². The van der Waals surface area contributed by atoms with Gasteiger partial charge in [0.1, 0.15) is 11.8 Å². The Morgan fingerprint density at radius 3 is 2.37 bits per heavy atom. The molecule has 0 fully saturated rings. The van der Waals surface area contributed by atoms with E-state index in [0.29, 0.717) is 6.54 Å². The molecule has 0 bridgehead atoms. The molecule has 2 atom stereocenters.